The summed E-state index contributed by atoms with van der Waals surface area (Å²) in [5.41, 5.74) is 1.82. The van der Waals surface area contributed by atoms with Crippen molar-refractivity contribution in [1.82, 2.24) is 10.3 Å². The lowest BCUT2D eigenvalue weighted by Crippen LogP contribution is -2.30. The summed E-state index contributed by atoms with van der Waals surface area (Å²) in [6.07, 6.45) is 6.67. The van der Waals surface area contributed by atoms with Crippen LogP contribution < -0.4 is 29.6 Å². The molecule has 2 aromatic rings. The monoisotopic (exact) mass is 442 g/mol. The fourth-order valence-corrected chi connectivity index (χ4v) is 3.80. The highest BCUT2D eigenvalue weighted by molar-refractivity contribution is 5.94. The average molecular weight is 443 g/mol. The van der Waals surface area contributed by atoms with Gasteiger partial charge in [0, 0.05) is 43.7 Å². The maximum atomic E-state index is 6.12. The van der Waals surface area contributed by atoms with Crippen molar-refractivity contribution in [3.8, 4) is 23.1 Å². The molecule has 8 nitrogen and oxygen atoms in total. The summed E-state index contributed by atoms with van der Waals surface area (Å²) < 4.78 is 22.3. The maximum absolute atomic E-state index is 6.12. The highest BCUT2D eigenvalue weighted by Gasteiger charge is 2.20. The number of aliphatic imine (C=N–C) groups is 1. The second-order valence-electron chi connectivity index (χ2n) is 7.97. The Labute approximate surface area is 190 Å². The van der Waals surface area contributed by atoms with Crippen LogP contribution in [0.2, 0.25) is 0 Å². The number of nitrogens with one attached hydrogen (secondary N) is 2. The number of guanidine groups is 1. The Bertz CT molecular complexity index is 886. The number of aromatic nitrogens is 1. The van der Waals surface area contributed by atoms with Crippen LogP contribution in [0.3, 0.4) is 0 Å². The lowest BCUT2D eigenvalue weighted by atomic mass is 9.89. The molecular formula is C24H34N4O4. The number of hydrogen-bond acceptors (Lipinski definition) is 6. The van der Waals surface area contributed by atoms with E-state index in [-0.39, 0.29) is 6.10 Å². The number of pyridine rings is 1. The molecule has 0 aliphatic heterocycles. The molecule has 0 amide bonds. The van der Waals surface area contributed by atoms with Gasteiger partial charge in [-0.1, -0.05) is 6.92 Å². The second-order valence-corrected chi connectivity index (χ2v) is 7.97. The van der Waals surface area contributed by atoms with Gasteiger partial charge in [0.2, 0.25) is 11.6 Å². The number of anilines is 1. The lowest BCUT2D eigenvalue weighted by Gasteiger charge is -2.26. The summed E-state index contributed by atoms with van der Waals surface area (Å²) in [7, 11) is 6.48. The van der Waals surface area contributed by atoms with Crippen molar-refractivity contribution < 1.29 is 18.9 Å². The molecule has 174 valence electrons. The van der Waals surface area contributed by atoms with Crippen LogP contribution in [-0.2, 0) is 6.54 Å². The first kappa shape index (κ1) is 23.5. The van der Waals surface area contributed by atoms with Crippen LogP contribution in [-0.4, -0.2) is 45.4 Å². The van der Waals surface area contributed by atoms with Crippen LogP contribution in [0, 0.1) is 5.92 Å². The fraction of sp³-hybridized carbons (Fsp3) is 0.500. The highest BCUT2D eigenvalue weighted by atomic mass is 16.5. The smallest absolute Gasteiger partial charge is 0.213 e. The van der Waals surface area contributed by atoms with E-state index in [4.69, 9.17) is 18.9 Å². The topological polar surface area (TPSA) is 86.2 Å². The van der Waals surface area contributed by atoms with Gasteiger partial charge >= 0.3 is 0 Å². The van der Waals surface area contributed by atoms with Crippen molar-refractivity contribution in [3.05, 3.63) is 36.0 Å². The molecule has 0 spiro atoms. The Kier molecular flexibility index (Phi) is 8.41. The van der Waals surface area contributed by atoms with E-state index >= 15 is 0 Å². The third-order valence-corrected chi connectivity index (χ3v) is 5.66. The molecular weight excluding hydrogens is 408 g/mol. The zero-order chi connectivity index (χ0) is 22.9. The summed E-state index contributed by atoms with van der Waals surface area (Å²) in [6.45, 7) is 2.88. The number of methoxy groups -OCH3 is 3. The molecule has 1 aromatic heterocycles. The van der Waals surface area contributed by atoms with Crippen LogP contribution in [0.1, 0.15) is 38.2 Å². The quantitative estimate of drug-likeness (QED) is 0.467. The Hall–Kier alpha value is -3.16. The molecule has 2 N–H and O–H groups in total. The van der Waals surface area contributed by atoms with Gasteiger partial charge in [0.05, 0.1) is 21.3 Å². The van der Waals surface area contributed by atoms with E-state index in [1.807, 2.05) is 24.3 Å². The molecule has 0 bridgehead atoms. The first-order valence-corrected chi connectivity index (χ1v) is 11.0. The Balaban J connectivity index is 1.61. The van der Waals surface area contributed by atoms with Gasteiger partial charge in [-0.25, -0.2) is 4.98 Å². The molecule has 1 heterocycles. The Morgan fingerprint density at radius 2 is 1.72 bits per heavy atom. The Morgan fingerprint density at radius 1 is 1.03 bits per heavy atom. The van der Waals surface area contributed by atoms with Gasteiger partial charge in [-0.3, -0.25) is 4.99 Å². The molecule has 0 atom stereocenters. The Morgan fingerprint density at radius 3 is 2.31 bits per heavy atom. The van der Waals surface area contributed by atoms with E-state index in [9.17, 15) is 0 Å². The molecule has 8 heteroatoms. The molecule has 3 rings (SSSR count). The minimum Gasteiger partial charge on any atom is -0.493 e. The summed E-state index contributed by atoms with van der Waals surface area (Å²) in [4.78, 5) is 8.70. The maximum Gasteiger partial charge on any atom is 0.213 e. The molecule has 1 fully saturated rings. The van der Waals surface area contributed by atoms with E-state index in [1.54, 1.807) is 34.6 Å². The van der Waals surface area contributed by atoms with Gasteiger partial charge in [0.25, 0.3) is 0 Å². The minimum absolute atomic E-state index is 0.261. The van der Waals surface area contributed by atoms with Gasteiger partial charge < -0.3 is 29.6 Å². The predicted molar refractivity (Wildman–Crippen MR) is 126 cm³/mol. The molecule has 0 radical (unpaired) electrons. The van der Waals surface area contributed by atoms with Crippen LogP contribution in [0.5, 0.6) is 23.1 Å². The largest absolute Gasteiger partial charge is 0.493 e. The normalized spacial score (nSPS) is 18.6. The SMILES string of the molecule is CN=C(NCc1ccnc(OC2CCC(C)CC2)c1)Nc1cc(OC)c(OC)c(OC)c1. The fourth-order valence-electron chi connectivity index (χ4n) is 3.80. The van der Waals surface area contributed by atoms with Gasteiger partial charge in [0.15, 0.2) is 17.5 Å². The minimum atomic E-state index is 0.261. The molecule has 1 aliphatic carbocycles. The molecule has 0 saturated heterocycles. The lowest BCUT2D eigenvalue weighted by molar-refractivity contribution is 0.130. The van der Waals surface area contributed by atoms with Crippen molar-refractivity contribution >= 4 is 11.6 Å². The summed E-state index contributed by atoms with van der Waals surface area (Å²) >= 11 is 0. The van der Waals surface area contributed by atoms with E-state index in [1.165, 1.54) is 12.8 Å². The molecule has 1 aliphatic rings. The van der Waals surface area contributed by atoms with Crippen LogP contribution >= 0.6 is 0 Å². The average Bonchev–Trinajstić information content (AvgIpc) is 2.82. The first-order valence-electron chi connectivity index (χ1n) is 11.0. The van der Waals surface area contributed by atoms with Crippen molar-refractivity contribution in [2.75, 3.05) is 33.7 Å². The van der Waals surface area contributed by atoms with Crippen molar-refractivity contribution in [2.24, 2.45) is 10.9 Å². The third-order valence-electron chi connectivity index (χ3n) is 5.66. The molecule has 0 unspecified atom stereocenters. The summed E-state index contributed by atoms with van der Waals surface area (Å²) in [5, 5.41) is 6.58. The highest BCUT2D eigenvalue weighted by Crippen LogP contribution is 2.39. The van der Waals surface area contributed by atoms with Crippen molar-refractivity contribution in [3.63, 3.8) is 0 Å². The number of rotatable bonds is 8. The van der Waals surface area contributed by atoms with Gasteiger partial charge in [-0.2, -0.15) is 0 Å². The van der Waals surface area contributed by atoms with Crippen LogP contribution in [0.15, 0.2) is 35.5 Å². The number of hydrogen-bond donors (Lipinski definition) is 2. The standard InChI is InChI=1S/C24H34N4O4/c1-16-6-8-19(9-7-16)32-22-12-17(10-11-26-22)15-27-24(25-2)28-18-13-20(29-3)23(31-5)21(14-18)30-4/h10-14,16,19H,6-9,15H2,1-5H3,(H2,25,27,28). The van der Waals surface area contributed by atoms with Gasteiger partial charge in [0.1, 0.15) is 6.10 Å². The van der Waals surface area contributed by atoms with E-state index < -0.39 is 0 Å². The zero-order valence-corrected chi connectivity index (χ0v) is 19.6. The van der Waals surface area contributed by atoms with Crippen molar-refractivity contribution in [2.45, 2.75) is 45.3 Å². The van der Waals surface area contributed by atoms with E-state index in [2.05, 4.69) is 27.5 Å². The summed E-state index contributed by atoms with van der Waals surface area (Å²) in [6, 6.07) is 7.61. The van der Waals surface area contributed by atoms with Crippen LogP contribution in [0.4, 0.5) is 5.69 Å². The zero-order valence-electron chi connectivity index (χ0n) is 19.6. The van der Waals surface area contributed by atoms with E-state index in [0.717, 1.165) is 30.0 Å². The van der Waals surface area contributed by atoms with Gasteiger partial charge in [-0.15, -0.1) is 0 Å². The van der Waals surface area contributed by atoms with E-state index in [0.29, 0.717) is 35.6 Å². The number of ether oxygens (including phenoxy) is 4. The van der Waals surface area contributed by atoms with Crippen molar-refractivity contribution in [1.29, 1.82) is 0 Å². The number of nitrogens with zero attached hydrogens (tertiary/aromatic N) is 2. The first-order chi connectivity index (χ1) is 15.6. The third kappa shape index (κ3) is 6.18. The molecule has 1 aromatic carbocycles. The van der Waals surface area contributed by atoms with Crippen LogP contribution in [0.25, 0.3) is 0 Å². The molecule has 32 heavy (non-hydrogen) atoms. The number of benzene rings is 1. The second kappa shape index (κ2) is 11.5. The summed E-state index contributed by atoms with van der Waals surface area (Å²) in [5.74, 6) is 3.76. The van der Waals surface area contributed by atoms with Gasteiger partial charge in [-0.05, 0) is 43.2 Å². The molecule has 1 saturated carbocycles. The predicted octanol–water partition coefficient (Wildman–Crippen LogP) is 4.25.